The number of thiazole rings is 1. The number of thiophene rings is 1. The lowest BCUT2D eigenvalue weighted by Gasteiger charge is -2.14. The van der Waals surface area contributed by atoms with Gasteiger partial charge in [0.1, 0.15) is 0 Å². The third-order valence-corrected chi connectivity index (χ3v) is 8.13. The van der Waals surface area contributed by atoms with Crippen molar-refractivity contribution in [2.75, 3.05) is 12.4 Å². The number of ketones is 1. The maximum absolute atomic E-state index is 13.1. The summed E-state index contributed by atoms with van der Waals surface area (Å²) in [5.41, 5.74) is 2.66. The van der Waals surface area contributed by atoms with Gasteiger partial charge < -0.3 is 4.74 Å². The highest BCUT2D eigenvalue weighted by Gasteiger charge is 2.24. The van der Waals surface area contributed by atoms with Crippen LogP contribution in [0.4, 0.5) is 0 Å². The van der Waals surface area contributed by atoms with E-state index < -0.39 is 0 Å². The van der Waals surface area contributed by atoms with E-state index in [-0.39, 0.29) is 11.9 Å². The number of Topliss-reactive ketones (excluding diaryl/α,β-unsaturated/α-hetero) is 1. The molecule has 1 aliphatic rings. The number of rotatable bonds is 8. The molecule has 4 aromatic heterocycles. The van der Waals surface area contributed by atoms with Gasteiger partial charge in [-0.3, -0.25) is 13.9 Å². The molecule has 5 rings (SSSR count). The summed E-state index contributed by atoms with van der Waals surface area (Å²) in [6, 6.07) is 6.02. The second kappa shape index (κ2) is 9.30. The summed E-state index contributed by atoms with van der Waals surface area (Å²) in [4.78, 5) is 18.6. The van der Waals surface area contributed by atoms with Crippen molar-refractivity contribution < 1.29 is 9.53 Å². The first-order chi connectivity index (χ1) is 15.6. The van der Waals surface area contributed by atoms with Crippen LogP contribution in [0.25, 0.3) is 15.8 Å². The van der Waals surface area contributed by atoms with Crippen LogP contribution >= 0.6 is 34.4 Å². The van der Waals surface area contributed by atoms with Gasteiger partial charge in [0.15, 0.2) is 21.9 Å². The molecule has 0 bridgehead atoms. The van der Waals surface area contributed by atoms with Crippen molar-refractivity contribution in [2.24, 2.45) is 0 Å². The lowest BCUT2D eigenvalue weighted by atomic mass is 10.2. The molecule has 1 aliphatic heterocycles. The molecule has 32 heavy (non-hydrogen) atoms. The zero-order chi connectivity index (χ0) is 22.1. The van der Waals surface area contributed by atoms with Crippen LogP contribution in [0, 0.1) is 13.8 Å². The highest BCUT2D eigenvalue weighted by molar-refractivity contribution is 7.99. The van der Waals surface area contributed by atoms with Gasteiger partial charge in [0.25, 0.3) is 0 Å². The van der Waals surface area contributed by atoms with Gasteiger partial charge in [-0.25, -0.2) is 4.98 Å². The molecule has 166 valence electrons. The number of ether oxygens (including phenoxy) is 1. The lowest BCUT2D eigenvalue weighted by Crippen LogP contribution is -2.17. The molecule has 10 heteroatoms. The van der Waals surface area contributed by atoms with E-state index in [2.05, 4.69) is 19.7 Å². The van der Waals surface area contributed by atoms with Crippen LogP contribution < -0.4 is 0 Å². The molecule has 0 unspecified atom stereocenters. The van der Waals surface area contributed by atoms with Gasteiger partial charge in [-0.2, -0.15) is 0 Å². The van der Waals surface area contributed by atoms with E-state index in [4.69, 9.17) is 4.74 Å². The number of hydrogen-bond acceptors (Lipinski definition) is 8. The molecular weight excluding hydrogens is 462 g/mol. The molecule has 0 radical (unpaired) electrons. The van der Waals surface area contributed by atoms with Gasteiger partial charge in [0.2, 0.25) is 0 Å². The number of aromatic nitrogens is 5. The van der Waals surface area contributed by atoms with Gasteiger partial charge >= 0.3 is 0 Å². The minimum atomic E-state index is 0.0789. The van der Waals surface area contributed by atoms with Gasteiger partial charge in [-0.05, 0) is 44.2 Å². The van der Waals surface area contributed by atoms with E-state index in [1.807, 2.05) is 47.4 Å². The summed E-state index contributed by atoms with van der Waals surface area (Å²) in [7, 11) is 0. The number of thioether (sulfide) groups is 1. The van der Waals surface area contributed by atoms with Gasteiger partial charge in [-0.1, -0.05) is 17.8 Å². The van der Waals surface area contributed by atoms with E-state index in [1.54, 1.807) is 28.9 Å². The normalized spacial score (nSPS) is 16.1. The summed E-state index contributed by atoms with van der Waals surface area (Å²) >= 11 is 4.64. The molecule has 0 aromatic carbocycles. The smallest absolute Gasteiger partial charge is 0.193 e. The predicted octanol–water partition coefficient (Wildman–Crippen LogP) is 5.02. The van der Waals surface area contributed by atoms with Crippen LogP contribution in [0.1, 0.15) is 34.6 Å². The van der Waals surface area contributed by atoms with Crippen LogP contribution in [0.2, 0.25) is 0 Å². The average Bonchev–Trinajstić information content (AvgIpc) is 3.59. The Bertz CT molecular complexity index is 1200. The second-order valence-electron chi connectivity index (χ2n) is 7.68. The van der Waals surface area contributed by atoms with Crippen molar-refractivity contribution in [1.82, 2.24) is 24.3 Å². The first-order valence-electron chi connectivity index (χ1n) is 10.5. The highest BCUT2D eigenvalue weighted by atomic mass is 32.2. The second-order valence-corrected chi connectivity index (χ2v) is 10.4. The van der Waals surface area contributed by atoms with Crippen molar-refractivity contribution in [3.05, 3.63) is 52.1 Å². The monoisotopic (exact) mass is 485 g/mol. The Morgan fingerprint density at radius 2 is 2.19 bits per heavy atom. The number of hydrogen-bond donors (Lipinski definition) is 0. The Morgan fingerprint density at radius 3 is 2.91 bits per heavy atom. The van der Waals surface area contributed by atoms with Crippen LogP contribution in [-0.4, -0.2) is 48.6 Å². The fourth-order valence-electron chi connectivity index (χ4n) is 4.01. The number of carbonyl (C=O) groups is 1. The van der Waals surface area contributed by atoms with Crippen molar-refractivity contribution in [1.29, 1.82) is 0 Å². The van der Waals surface area contributed by atoms with E-state index in [0.29, 0.717) is 12.3 Å². The Morgan fingerprint density at radius 1 is 1.28 bits per heavy atom. The van der Waals surface area contributed by atoms with Crippen LogP contribution in [0.15, 0.2) is 40.3 Å². The first-order valence-corrected chi connectivity index (χ1v) is 13.2. The van der Waals surface area contributed by atoms with Gasteiger partial charge in [0, 0.05) is 35.1 Å². The molecular formula is C22H23N5O2S3. The zero-order valence-electron chi connectivity index (χ0n) is 17.9. The van der Waals surface area contributed by atoms with E-state index in [1.165, 1.54) is 11.8 Å². The molecule has 0 saturated carbocycles. The Labute approximate surface area is 198 Å². The lowest BCUT2D eigenvalue weighted by molar-refractivity contribution is 0.0953. The molecule has 0 aliphatic carbocycles. The van der Waals surface area contributed by atoms with Crippen molar-refractivity contribution in [3.63, 3.8) is 0 Å². The molecule has 1 saturated heterocycles. The van der Waals surface area contributed by atoms with E-state index >= 15 is 0 Å². The fourth-order valence-corrected chi connectivity index (χ4v) is 6.31. The molecule has 5 heterocycles. The van der Waals surface area contributed by atoms with Crippen LogP contribution in [-0.2, 0) is 11.3 Å². The minimum Gasteiger partial charge on any atom is -0.376 e. The van der Waals surface area contributed by atoms with E-state index in [9.17, 15) is 4.79 Å². The van der Waals surface area contributed by atoms with Crippen LogP contribution in [0.3, 0.4) is 0 Å². The third-order valence-electron chi connectivity index (χ3n) is 5.54. The highest BCUT2D eigenvalue weighted by Crippen LogP contribution is 2.30. The summed E-state index contributed by atoms with van der Waals surface area (Å²) in [5.74, 6) is 1.22. The maximum atomic E-state index is 13.1. The topological polar surface area (TPSA) is 74.8 Å². The molecule has 0 N–H and O–H groups in total. The molecule has 1 atom stereocenters. The zero-order valence-corrected chi connectivity index (χ0v) is 20.3. The maximum Gasteiger partial charge on any atom is 0.193 e. The number of aryl methyl sites for hydroxylation is 1. The predicted molar refractivity (Wildman–Crippen MR) is 128 cm³/mol. The largest absolute Gasteiger partial charge is 0.376 e. The molecule has 0 amide bonds. The summed E-state index contributed by atoms with van der Waals surface area (Å²) < 4.78 is 10.0. The van der Waals surface area contributed by atoms with Crippen molar-refractivity contribution in [3.8, 4) is 15.8 Å². The average molecular weight is 486 g/mol. The molecule has 0 spiro atoms. The Balaban J connectivity index is 1.37. The molecule has 7 nitrogen and oxygen atoms in total. The Kier molecular flexibility index (Phi) is 6.27. The standard InChI is InChI=1S/C22H23N5O2S3/c1-14-11-17(15(2)27(14)21-23-7-10-31-21)18(28)13-32-22-25-24-20(19-6-4-9-30-19)26(22)12-16-5-3-8-29-16/h4,6-7,9-11,16H,3,5,8,12-13H2,1-2H3/t16-/m1/s1. The Hall–Kier alpha value is -2.27. The number of carbonyl (C=O) groups excluding carboxylic acids is 1. The fraction of sp³-hybridized carbons (Fsp3) is 0.364. The number of nitrogens with zero attached hydrogens (tertiary/aromatic N) is 5. The summed E-state index contributed by atoms with van der Waals surface area (Å²) in [5, 5.41) is 14.5. The van der Waals surface area contributed by atoms with Crippen molar-refractivity contribution in [2.45, 2.75) is 44.5 Å². The van der Waals surface area contributed by atoms with Gasteiger partial charge in [0.05, 0.1) is 23.3 Å². The summed E-state index contributed by atoms with van der Waals surface area (Å²) in [6.07, 6.45) is 4.06. The summed E-state index contributed by atoms with van der Waals surface area (Å²) in [6.45, 7) is 5.48. The van der Waals surface area contributed by atoms with E-state index in [0.717, 1.165) is 57.4 Å². The van der Waals surface area contributed by atoms with Gasteiger partial charge in [-0.15, -0.1) is 32.9 Å². The van der Waals surface area contributed by atoms with Crippen LogP contribution in [0.5, 0.6) is 0 Å². The quantitative estimate of drug-likeness (QED) is 0.258. The third kappa shape index (κ3) is 4.19. The first kappa shape index (κ1) is 21.6. The van der Waals surface area contributed by atoms with Crippen molar-refractivity contribution >= 4 is 40.2 Å². The minimum absolute atomic E-state index is 0.0789. The molecule has 1 fully saturated rings. The SMILES string of the molecule is Cc1cc(C(=O)CSc2nnc(-c3cccs3)n2C[C@H]2CCCO2)c(C)n1-c1nccs1. The molecule has 4 aromatic rings.